The second-order valence-corrected chi connectivity index (χ2v) is 6.67. The van der Waals surface area contributed by atoms with Crippen LogP contribution in [0.25, 0.3) is 0 Å². The quantitative estimate of drug-likeness (QED) is 0.757. The Labute approximate surface area is 157 Å². The number of methoxy groups -OCH3 is 1. The van der Waals surface area contributed by atoms with E-state index in [1.165, 1.54) is 7.11 Å². The number of likely N-dealkylation sites (tertiary alicyclic amines) is 1. The highest BCUT2D eigenvalue weighted by Crippen LogP contribution is 2.27. The van der Waals surface area contributed by atoms with Gasteiger partial charge in [0.15, 0.2) is 0 Å². The van der Waals surface area contributed by atoms with Crippen molar-refractivity contribution in [3.63, 3.8) is 0 Å². The molecule has 0 aromatic heterocycles. The molecule has 138 valence electrons. The van der Waals surface area contributed by atoms with Gasteiger partial charge in [-0.2, -0.15) is 0 Å². The van der Waals surface area contributed by atoms with E-state index < -0.39 is 0 Å². The number of hydrogen-bond acceptors (Lipinski definition) is 4. The number of amides is 2. The molecule has 1 aromatic rings. The second-order valence-electron chi connectivity index (χ2n) is 5.83. The summed E-state index contributed by atoms with van der Waals surface area (Å²) in [5.41, 5.74) is 0. The zero-order valence-corrected chi connectivity index (χ0v) is 15.6. The standard InChI is InChI=1S/C17H22Cl2N2O4/c1-24-17(23)21-8-6-13(7-9-21)20-16(22)3-2-10-25-15-5-4-12(18)11-14(15)19/h4-5,11,13H,2-3,6-10H2,1H3,(H,20,22). The molecule has 6 nitrogen and oxygen atoms in total. The SMILES string of the molecule is COC(=O)N1CCC(NC(=O)CCCOc2ccc(Cl)cc2Cl)CC1. The number of nitrogens with zero attached hydrogens (tertiary/aromatic N) is 1. The first-order chi connectivity index (χ1) is 12.0. The molecule has 8 heteroatoms. The highest BCUT2D eigenvalue weighted by atomic mass is 35.5. The van der Waals surface area contributed by atoms with Gasteiger partial charge in [0.25, 0.3) is 0 Å². The summed E-state index contributed by atoms with van der Waals surface area (Å²) in [6, 6.07) is 5.13. The molecule has 2 amide bonds. The Balaban J connectivity index is 1.62. The lowest BCUT2D eigenvalue weighted by molar-refractivity contribution is -0.122. The van der Waals surface area contributed by atoms with Gasteiger partial charge in [0, 0.05) is 30.6 Å². The van der Waals surface area contributed by atoms with E-state index in [2.05, 4.69) is 5.32 Å². The molecule has 2 rings (SSSR count). The molecule has 1 N–H and O–H groups in total. The number of piperidine rings is 1. The maximum Gasteiger partial charge on any atom is 0.409 e. The number of hydrogen-bond donors (Lipinski definition) is 1. The molecule has 25 heavy (non-hydrogen) atoms. The first-order valence-corrected chi connectivity index (χ1v) is 8.95. The lowest BCUT2D eigenvalue weighted by Crippen LogP contribution is -2.46. The summed E-state index contributed by atoms with van der Waals surface area (Å²) in [4.78, 5) is 25.1. The van der Waals surface area contributed by atoms with Gasteiger partial charge in [0.1, 0.15) is 5.75 Å². The predicted octanol–water partition coefficient (Wildman–Crippen LogP) is 3.50. The topological polar surface area (TPSA) is 67.9 Å². The van der Waals surface area contributed by atoms with Gasteiger partial charge < -0.3 is 19.7 Å². The smallest absolute Gasteiger partial charge is 0.409 e. The van der Waals surface area contributed by atoms with Crippen LogP contribution in [0.5, 0.6) is 5.75 Å². The van der Waals surface area contributed by atoms with Crippen LogP contribution >= 0.6 is 23.2 Å². The predicted molar refractivity (Wildman–Crippen MR) is 96.3 cm³/mol. The van der Waals surface area contributed by atoms with Crippen LogP contribution in [0.2, 0.25) is 10.0 Å². The molecule has 1 aliphatic heterocycles. The molecule has 1 aromatic carbocycles. The zero-order chi connectivity index (χ0) is 18.2. The Morgan fingerprint density at radius 2 is 2.00 bits per heavy atom. The average Bonchev–Trinajstić information content (AvgIpc) is 2.60. The van der Waals surface area contributed by atoms with Crippen LogP contribution in [0, 0.1) is 0 Å². The summed E-state index contributed by atoms with van der Waals surface area (Å²) in [5, 5.41) is 4.00. The molecular formula is C17H22Cl2N2O4. The maximum absolute atomic E-state index is 12.0. The van der Waals surface area contributed by atoms with E-state index in [1.54, 1.807) is 23.1 Å². The van der Waals surface area contributed by atoms with Crippen molar-refractivity contribution in [2.45, 2.75) is 31.7 Å². The van der Waals surface area contributed by atoms with Crippen LogP contribution in [-0.4, -0.2) is 49.7 Å². The van der Waals surface area contributed by atoms with Gasteiger partial charge in [0.2, 0.25) is 5.91 Å². The van der Waals surface area contributed by atoms with Crippen LogP contribution < -0.4 is 10.1 Å². The monoisotopic (exact) mass is 388 g/mol. The van der Waals surface area contributed by atoms with E-state index in [4.69, 9.17) is 32.7 Å². The fraction of sp³-hybridized carbons (Fsp3) is 0.529. The van der Waals surface area contributed by atoms with Gasteiger partial charge in [-0.1, -0.05) is 23.2 Å². The Kier molecular flexibility index (Phi) is 7.65. The summed E-state index contributed by atoms with van der Waals surface area (Å²) in [5.74, 6) is 0.545. The molecule has 1 fully saturated rings. The first-order valence-electron chi connectivity index (χ1n) is 8.19. The van der Waals surface area contributed by atoms with E-state index in [1.807, 2.05) is 0 Å². The van der Waals surface area contributed by atoms with Crippen LogP contribution in [0.3, 0.4) is 0 Å². The fourth-order valence-corrected chi connectivity index (χ4v) is 3.11. The van der Waals surface area contributed by atoms with Crippen LogP contribution in [0.1, 0.15) is 25.7 Å². The van der Waals surface area contributed by atoms with Crippen molar-refractivity contribution in [1.82, 2.24) is 10.2 Å². The van der Waals surface area contributed by atoms with Crippen LogP contribution in [0.4, 0.5) is 4.79 Å². The number of halogens is 2. The third-order valence-corrected chi connectivity index (χ3v) is 4.52. The van der Waals surface area contributed by atoms with Crippen molar-refractivity contribution >= 4 is 35.2 Å². The summed E-state index contributed by atoms with van der Waals surface area (Å²) in [6.07, 6.45) is 2.12. The average molecular weight is 389 g/mol. The lowest BCUT2D eigenvalue weighted by atomic mass is 10.1. The fourth-order valence-electron chi connectivity index (χ4n) is 2.64. The second kappa shape index (κ2) is 9.73. The Bertz CT molecular complexity index is 604. The first kappa shape index (κ1) is 19.7. The summed E-state index contributed by atoms with van der Waals surface area (Å²) < 4.78 is 10.2. The highest BCUT2D eigenvalue weighted by molar-refractivity contribution is 6.35. The third kappa shape index (κ3) is 6.29. The maximum atomic E-state index is 12.0. The lowest BCUT2D eigenvalue weighted by Gasteiger charge is -2.31. The van der Waals surface area contributed by atoms with Crippen molar-refractivity contribution in [3.05, 3.63) is 28.2 Å². The van der Waals surface area contributed by atoms with E-state index in [9.17, 15) is 9.59 Å². The largest absolute Gasteiger partial charge is 0.492 e. The number of benzene rings is 1. The van der Waals surface area contributed by atoms with Crippen LogP contribution in [0.15, 0.2) is 18.2 Å². The molecule has 0 saturated carbocycles. The van der Waals surface area contributed by atoms with Gasteiger partial charge in [-0.25, -0.2) is 4.79 Å². The van der Waals surface area contributed by atoms with Gasteiger partial charge in [-0.05, 0) is 37.5 Å². The van der Waals surface area contributed by atoms with Gasteiger partial charge in [-0.15, -0.1) is 0 Å². The van der Waals surface area contributed by atoms with Gasteiger partial charge >= 0.3 is 6.09 Å². The number of ether oxygens (including phenoxy) is 2. The molecule has 0 aliphatic carbocycles. The molecule has 0 bridgehead atoms. The molecular weight excluding hydrogens is 367 g/mol. The Morgan fingerprint density at radius 3 is 2.64 bits per heavy atom. The minimum atomic E-state index is -0.317. The van der Waals surface area contributed by atoms with Gasteiger partial charge in [-0.3, -0.25) is 4.79 Å². The van der Waals surface area contributed by atoms with Crippen molar-refractivity contribution in [1.29, 1.82) is 0 Å². The summed E-state index contributed by atoms with van der Waals surface area (Å²) >= 11 is 11.8. The normalized spacial score (nSPS) is 14.9. The Hall–Kier alpha value is -1.66. The molecule has 1 aliphatic rings. The minimum absolute atomic E-state index is 0.0117. The number of carbonyl (C=O) groups is 2. The molecule has 1 heterocycles. The van der Waals surface area contributed by atoms with Crippen LogP contribution in [-0.2, 0) is 9.53 Å². The zero-order valence-electron chi connectivity index (χ0n) is 14.1. The van der Waals surface area contributed by atoms with Crippen molar-refractivity contribution in [2.24, 2.45) is 0 Å². The Morgan fingerprint density at radius 1 is 1.28 bits per heavy atom. The van der Waals surface area contributed by atoms with Crippen molar-refractivity contribution < 1.29 is 19.1 Å². The molecule has 0 atom stereocenters. The minimum Gasteiger partial charge on any atom is -0.492 e. The van der Waals surface area contributed by atoms with E-state index in [0.717, 1.165) is 12.8 Å². The third-order valence-electron chi connectivity index (χ3n) is 3.99. The number of carbonyl (C=O) groups excluding carboxylic acids is 2. The number of nitrogens with one attached hydrogen (secondary N) is 1. The van der Waals surface area contributed by atoms with E-state index in [0.29, 0.717) is 48.3 Å². The number of rotatable bonds is 6. The molecule has 0 spiro atoms. The van der Waals surface area contributed by atoms with Gasteiger partial charge in [0.05, 0.1) is 18.7 Å². The molecule has 1 saturated heterocycles. The highest BCUT2D eigenvalue weighted by Gasteiger charge is 2.23. The summed E-state index contributed by atoms with van der Waals surface area (Å²) in [7, 11) is 1.37. The molecule has 0 radical (unpaired) electrons. The van der Waals surface area contributed by atoms with E-state index in [-0.39, 0.29) is 18.0 Å². The van der Waals surface area contributed by atoms with E-state index >= 15 is 0 Å². The summed E-state index contributed by atoms with van der Waals surface area (Å²) in [6.45, 7) is 1.58. The van der Waals surface area contributed by atoms with Crippen molar-refractivity contribution in [2.75, 3.05) is 26.8 Å². The van der Waals surface area contributed by atoms with Crippen molar-refractivity contribution in [3.8, 4) is 5.75 Å². The molecule has 0 unspecified atom stereocenters.